The third-order valence-corrected chi connectivity index (χ3v) is 3.58. The quantitative estimate of drug-likeness (QED) is 0.659. The highest BCUT2D eigenvalue weighted by molar-refractivity contribution is 5.99. The number of nitrogens with one attached hydrogen (secondary N) is 1. The minimum Gasteiger partial charge on any atom is -0.496 e. The smallest absolute Gasteiger partial charge is 0.236 e. The van der Waals surface area contributed by atoms with Crippen LogP contribution < -0.4 is 10.2 Å². The minimum absolute atomic E-state index is 0.179. The second-order valence-corrected chi connectivity index (χ2v) is 5.28. The van der Waals surface area contributed by atoms with Crippen LogP contribution in [0.4, 0.5) is 0 Å². The van der Waals surface area contributed by atoms with Gasteiger partial charge in [-0.05, 0) is 30.7 Å². The Labute approximate surface area is 131 Å². The van der Waals surface area contributed by atoms with Crippen LogP contribution in [0, 0.1) is 0 Å². The van der Waals surface area contributed by atoms with Crippen molar-refractivity contribution in [2.75, 3.05) is 33.4 Å². The molecule has 1 amide bonds. The van der Waals surface area contributed by atoms with Crippen LogP contribution in [0.3, 0.4) is 0 Å². The molecule has 1 N–H and O–H groups in total. The van der Waals surface area contributed by atoms with Gasteiger partial charge in [0.15, 0.2) is 0 Å². The predicted molar refractivity (Wildman–Crippen MR) is 85.1 cm³/mol. The summed E-state index contributed by atoms with van der Waals surface area (Å²) in [5.41, 5.74) is 5.31. The number of benzene rings is 1. The second kappa shape index (κ2) is 7.91. The molecule has 2 rings (SSSR count). The first-order chi connectivity index (χ1) is 10.6. The van der Waals surface area contributed by atoms with Gasteiger partial charge in [-0.25, -0.2) is 5.43 Å². The Morgan fingerprint density at radius 2 is 2.09 bits per heavy atom. The van der Waals surface area contributed by atoms with Crippen molar-refractivity contribution in [3.63, 3.8) is 0 Å². The van der Waals surface area contributed by atoms with Crippen molar-refractivity contribution < 1.29 is 14.3 Å². The number of carbonyl (C=O) groups is 1. The molecule has 1 aliphatic rings. The molecule has 0 unspecified atom stereocenters. The van der Waals surface area contributed by atoms with E-state index >= 15 is 0 Å². The van der Waals surface area contributed by atoms with Crippen LogP contribution in [-0.2, 0) is 16.1 Å². The summed E-state index contributed by atoms with van der Waals surface area (Å²) in [4.78, 5) is 13.3. The molecule has 0 aliphatic carbocycles. The first-order valence-corrected chi connectivity index (χ1v) is 7.38. The molecule has 6 nitrogen and oxygen atoms in total. The molecule has 1 saturated heterocycles. The van der Waals surface area contributed by atoms with Gasteiger partial charge in [0.1, 0.15) is 5.75 Å². The number of hydrogen-bond donors (Lipinski definition) is 1. The number of nitrogens with zero attached hydrogens (tertiary/aromatic N) is 2. The molecule has 0 radical (unpaired) electrons. The highest BCUT2D eigenvalue weighted by atomic mass is 16.5. The number of methoxy groups -OCH3 is 1. The zero-order chi connectivity index (χ0) is 15.9. The lowest BCUT2D eigenvalue weighted by molar-refractivity contribution is -0.118. The fraction of sp³-hybridized carbons (Fsp3) is 0.500. The zero-order valence-electron chi connectivity index (χ0n) is 13.4. The maximum Gasteiger partial charge on any atom is 0.236 e. The van der Waals surface area contributed by atoms with Crippen LogP contribution in [0.25, 0.3) is 0 Å². The summed E-state index contributed by atoms with van der Waals surface area (Å²) in [7, 11) is 1.68. The Morgan fingerprint density at radius 3 is 2.73 bits per heavy atom. The normalized spacial score (nSPS) is 16.4. The minimum atomic E-state index is -0.179. The monoisotopic (exact) mass is 305 g/mol. The molecular weight excluding hydrogens is 282 g/mol. The molecule has 1 aromatic rings. The van der Waals surface area contributed by atoms with E-state index in [1.54, 1.807) is 7.11 Å². The first kappa shape index (κ1) is 16.5. The van der Waals surface area contributed by atoms with E-state index in [0.29, 0.717) is 0 Å². The Kier molecular flexibility index (Phi) is 5.91. The summed E-state index contributed by atoms with van der Waals surface area (Å²) < 4.78 is 10.8. The number of morpholine rings is 1. The molecule has 1 heterocycles. The van der Waals surface area contributed by atoms with Gasteiger partial charge in [0.25, 0.3) is 0 Å². The molecule has 0 spiro atoms. The fourth-order valence-electron chi connectivity index (χ4n) is 2.35. The summed E-state index contributed by atoms with van der Waals surface area (Å²) in [5, 5.41) is 4.08. The third-order valence-electron chi connectivity index (χ3n) is 3.58. The molecule has 0 aromatic heterocycles. The van der Waals surface area contributed by atoms with Crippen molar-refractivity contribution in [1.82, 2.24) is 10.3 Å². The Morgan fingerprint density at radius 1 is 1.36 bits per heavy atom. The van der Waals surface area contributed by atoms with E-state index < -0.39 is 0 Å². The van der Waals surface area contributed by atoms with Crippen LogP contribution in [-0.4, -0.2) is 49.9 Å². The first-order valence-electron chi connectivity index (χ1n) is 7.38. The lowest BCUT2D eigenvalue weighted by atomic mass is 10.1. The number of hydrazone groups is 1. The molecule has 0 bridgehead atoms. The van der Waals surface area contributed by atoms with E-state index in [2.05, 4.69) is 21.5 Å². The fourth-order valence-corrected chi connectivity index (χ4v) is 2.35. The maximum atomic E-state index is 11.0. The molecule has 6 heteroatoms. The largest absolute Gasteiger partial charge is 0.496 e. The summed E-state index contributed by atoms with van der Waals surface area (Å²) in [6, 6.07) is 5.95. The van der Waals surface area contributed by atoms with E-state index in [1.807, 2.05) is 19.1 Å². The lowest BCUT2D eigenvalue weighted by Crippen LogP contribution is -2.35. The van der Waals surface area contributed by atoms with E-state index in [4.69, 9.17) is 9.47 Å². The van der Waals surface area contributed by atoms with Crippen molar-refractivity contribution in [1.29, 1.82) is 0 Å². The van der Waals surface area contributed by atoms with Gasteiger partial charge in [0, 0.05) is 32.1 Å². The third kappa shape index (κ3) is 4.54. The summed E-state index contributed by atoms with van der Waals surface area (Å²) in [6.07, 6.45) is 0. The van der Waals surface area contributed by atoms with Gasteiger partial charge in [-0.15, -0.1) is 0 Å². The van der Waals surface area contributed by atoms with Crippen molar-refractivity contribution in [2.45, 2.75) is 20.4 Å². The Balaban J connectivity index is 2.17. The number of ether oxygens (including phenoxy) is 2. The standard InChI is InChI=1S/C16H23N3O3/c1-12(17-18-13(2)20)14-4-5-16(21-3)15(10-14)11-19-6-8-22-9-7-19/h4-5,10H,6-9,11H2,1-3H3,(H,18,20)/b17-12-. The van der Waals surface area contributed by atoms with Crippen LogP contribution in [0.2, 0.25) is 0 Å². The van der Waals surface area contributed by atoms with E-state index in [-0.39, 0.29) is 5.91 Å². The average Bonchev–Trinajstić information content (AvgIpc) is 2.53. The molecular formula is C16H23N3O3. The molecule has 120 valence electrons. The second-order valence-electron chi connectivity index (χ2n) is 5.28. The number of rotatable bonds is 5. The summed E-state index contributed by atoms with van der Waals surface area (Å²) in [6.45, 7) is 7.51. The highest BCUT2D eigenvalue weighted by Gasteiger charge is 2.14. The van der Waals surface area contributed by atoms with Crippen LogP contribution in [0.1, 0.15) is 25.0 Å². The van der Waals surface area contributed by atoms with Crippen molar-refractivity contribution in [3.05, 3.63) is 29.3 Å². The van der Waals surface area contributed by atoms with Gasteiger partial charge in [-0.1, -0.05) is 0 Å². The van der Waals surface area contributed by atoms with E-state index in [0.717, 1.165) is 55.4 Å². The molecule has 1 fully saturated rings. The summed E-state index contributed by atoms with van der Waals surface area (Å²) in [5.74, 6) is 0.684. The lowest BCUT2D eigenvalue weighted by Gasteiger charge is -2.27. The SMILES string of the molecule is COc1ccc(/C(C)=N\NC(C)=O)cc1CN1CCOCC1. The van der Waals surface area contributed by atoms with Gasteiger partial charge in [-0.2, -0.15) is 5.10 Å². The molecule has 1 aromatic carbocycles. The molecule has 0 saturated carbocycles. The Hall–Kier alpha value is -1.92. The number of carbonyl (C=O) groups excluding carboxylic acids is 1. The molecule has 22 heavy (non-hydrogen) atoms. The van der Waals surface area contributed by atoms with Gasteiger partial charge in [0.2, 0.25) is 5.91 Å². The van der Waals surface area contributed by atoms with E-state index in [1.165, 1.54) is 6.92 Å². The zero-order valence-corrected chi connectivity index (χ0v) is 13.4. The highest BCUT2D eigenvalue weighted by Crippen LogP contribution is 2.22. The van der Waals surface area contributed by atoms with Crippen molar-refractivity contribution in [3.8, 4) is 5.75 Å². The maximum absolute atomic E-state index is 11.0. The molecule has 1 aliphatic heterocycles. The molecule has 0 atom stereocenters. The van der Waals surface area contributed by atoms with Gasteiger partial charge >= 0.3 is 0 Å². The van der Waals surface area contributed by atoms with Crippen LogP contribution >= 0.6 is 0 Å². The van der Waals surface area contributed by atoms with Crippen LogP contribution in [0.15, 0.2) is 23.3 Å². The van der Waals surface area contributed by atoms with Gasteiger partial charge < -0.3 is 9.47 Å². The van der Waals surface area contributed by atoms with Crippen molar-refractivity contribution >= 4 is 11.6 Å². The topological polar surface area (TPSA) is 63.2 Å². The van der Waals surface area contributed by atoms with Crippen LogP contribution in [0.5, 0.6) is 5.75 Å². The van der Waals surface area contributed by atoms with E-state index in [9.17, 15) is 4.79 Å². The van der Waals surface area contributed by atoms with Gasteiger partial charge in [0.05, 0.1) is 26.0 Å². The summed E-state index contributed by atoms with van der Waals surface area (Å²) >= 11 is 0. The Bertz CT molecular complexity index is 552. The number of amides is 1. The average molecular weight is 305 g/mol. The number of hydrogen-bond acceptors (Lipinski definition) is 5. The van der Waals surface area contributed by atoms with Gasteiger partial charge in [-0.3, -0.25) is 9.69 Å². The predicted octanol–water partition coefficient (Wildman–Crippen LogP) is 1.39. The van der Waals surface area contributed by atoms with Crippen molar-refractivity contribution in [2.24, 2.45) is 5.10 Å².